The van der Waals surface area contributed by atoms with Crippen LogP contribution in [0.3, 0.4) is 0 Å². The summed E-state index contributed by atoms with van der Waals surface area (Å²) in [6.45, 7) is 3.68. The van der Waals surface area contributed by atoms with E-state index >= 15 is 0 Å². The number of hydrogen-bond acceptors (Lipinski definition) is 4. The van der Waals surface area contributed by atoms with Gasteiger partial charge in [-0.25, -0.2) is 12.7 Å². The fraction of sp³-hybridized carbons (Fsp3) is 0.346. The first-order valence-corrected chi connectivity index (χ1v) is 12.8. The summed E-state index contributed by atoms with van der Waals surface area (Å²) in [7, 11) is -0.663. The SMILES string of the molecule is CC(NC(=O)c1cc(S(=O)(=O)N(C)C)ccc1N1CCCCC1)c1cccc2ccccc12. The fourth-order valence-electron chi connectivity index (χ4n) is 4.46. The van der Waals surface area contributed by atoms with E-state index in [-0.39, 0.29) is 16.8 Å². The number of amides is 1. The summed E-state index contributed by atoms with van der Waals surface area (Å²) in [4.78, 5) is 15.8. The largest absolute Gasteiger partial charge is 0.371 e. The van der Waals surface area contributed by atoms with Crippen LogP contribution in [0.4, 0.5) is 5.69 Å². The highest BCUT2D eigenvalue weighted by molar-refractivity contribution is 7.89. The van der Waals surface area contributed by atoms with Gasteiger partial charge in [0.1, 0.15) is 0 Å². The lowest BCUT2D eigenvalue weighted by atomic mass is 9.99. The van der Waals surface area contributed by atoms with E-state index in [1.54, 1.807) is 12.1 Å². The Kier molecular flexibility index (Phi) is 6.72. The van der Waals surface area contributed by atoms with Crippen molar-refractivity contribution >= 4 is 32.4 Å². The zero-order chi connectivity index (χ0) is 23.6. The highest BCUT2D eigenvalue weighted by atomic mass is 32.2. The molecule has 1 unspecified atom stereocenters. The second kappa shape index (κ2) is 9.53. The van der Waals surface area contributed by atoms with Gasteiger partial charge < -0.3 is 10.2 Å². The van der Waals surface area contributed by atoms with Crippen molar-refractivity contribution in [3.8, 4) is 0 Å². The Hall–Kier alpha value is -2.90. The number of piperidine rings is 1. The van der Waals surface area contributed by atoms with E-state index in [0.717, 1.165) is 48.0 Å². The molecule has 7 heteroatoms. The van der Waals surface area contributed by atoms with Crippen LogP contribution < -0.4 is 10.2 Å². The monoisotopic (exact) mass is 465 g/mol. The molecule has 1 fully saturated rings. The molecular weight excluding hydrogens is 434 g/mol. The van der Waals surface area contributed by atoms with Gasteiger partial charge in [0, 0.05) is 32.9 Å². The quantitative estimate of drug-likeness (QED) is 0.579. The number of fused-ring (bicyclic) bond motifs is 1. The van der Waals surface area contributed by atoms with Gasteiger partial charge in [0.25, 0.3) is 5.91 Å². The molecule has 0 bridgehead atoms. The molecule has 0 aromatic heterocycles. The van der Waals surface area contributed by atoms with Crippen LogP contribution >= 0.6 is 0 Å². The third kappa shape index (κ3) is 4.75. The van der Waals surface area contributed by atoms with Gasteiger partial charge in [0.15, 0.2) is 0 Å². The molecule has 33 heavy (non-hydrogen) atoms. The van der Waals surface area contributed by atoms with Crippen LogP contribution in [0.15, 0.2) is 65.6 Å². The van der Waals surface area contributed by atoms with Crippen molar-refractivity contribution in [2.24, 2.45) is 0 Å². The zero-order valence-corrected chi connectivity index (χ0v) is 20.2. The number of nitrogens with zero attached hydrogens (tertiary/aromatic N) is 2. The van der Waals surface area contributed by atoms with E-state index in [2.05, 4.69) is 28.4 Å². The minimum absolute atomic E-state index is 0.122. The molecule has 1 saturated heterocycles. The van der Waals surface area contributed by atoms with Gasteiger partial charge in [-0.15, -0.1) is 0 Å². The number of sulfonamides is 1. The average Bonchev–Trinajstić information content (AvgIpc) is 2.83. The topological polar surface area (TPSA) is 69.7 Å². The van der Waals surface area contributed by atoms with Gasteiger partial charge in [-0.05, 0) is 60.7 Å². The van der Waals surface area contributed by atoms with Crippen LogP contribution in [0.1, 0.15) is 48.1 Å². The number of benzene rings is 3. The van der Waals surface area contributed by atoms with Gasteiger partial charge in [0.2, 0.25) is 10.0 Å². The van der Waals surface area contributed by atoms with Crippen molar-refractivity contribution in [1.82, 2.24) is 9.62 Å². The molecule has 0 radical (unpaired) electrons. The molecule has 1 heterocycles. The smallest absolute Gasteiger partial charge is 0.253 e. The lowest BCUT2D eigenvalue weighted by molar-refractivity contribution is 0.0940. The third-order valence-electron chi connectivity index (χ3n) is 6.33. The molecule has 1 amide bonds. The number of nitrogens with one attached hydrogen (secondary N) is 1. The molecule has 1 N–H and O–H groups in total. The summed E-state index contributed by atoms with van der Waals surface area (Å²) in [5.41, 5.74) is 2.21. The molecule has 174 valence electrons. The predicted octanol–water partition coefficient (Wildman–Crippen LogP) is 4.57. The van der Waals surface area contributed by atoms with Crippen LogP contribution in [-0.2, 0) is 10.0 Å². The van der Waals surface area contributed by atoms with Crippen molar-refractivity contribution in [3.63, 3.8) is 0 Å². The minimum Gasteiger partial charge on any atom is -0.371 e. The molecule has 3 aromatic carbocycles. The highest BCUT2D eigenvalue weighted by Gasteiger charge is 2.25. The second-order valence-electron chi connectivity index (χ2n) is 8.78. The van der Waals surface area contributed by atoms with E-state index in [1.807, 2.05) is 31.2 Å². The Morgan fingerprint density at radius 3 is 2.39 bits per heavy atom. The summed E-state index contributed by atoms with van der Waals surface area (Å²) >= 11 is 0. The fourth-order valence-corrected chi connectivity index (χ4v) is 5.39. The maximum absolute atomic E-state index is 13.5. The summed E-state index contributed by atoms with van der Waals surface area (Å²) in [5.74, 6) is -0.271. The van der Waals surface area contributed by atoms with Gasteiger partial charge in [-0.3, -0.25) is 4.79 Å². The predicted molar refractivity (Wildman–Crippen MR) is 133 cm³/mol. The molecule has 0 spiro atoms. The summed E-state index contributed by atoms with van der Waals surface area (Å²) in [5, 5.41) is 5.32. The minimum atomic E-state index is -3.66. The summed E-state index contributed by atoms with van der Waals surface area (Å²) < 4.78 is 26.7. The van der Waals surface area contributed by atoms with E-state index in [9.17, 15) is 13.2 Å². The van der Waals surface area contributed by atoms with Crippen LogP contribution in [0, 0.1) is 0 Å². The first-order chi connectivity index (χ1) is 15.8. The number of hydrogen-bond donors (Lipinski definition) is 1. The molecule has 1 atom stereocenters. The van der Waals surface area contributed by atoms with Crippen molar-refractivity contribution in [1.29, 1.82) is 0 Å². The molecule has 0 aliphatic carbocycles. The average molecular weight is 466 g/mol. The van der Waals surface area contributed by atoms with Gasteiger partial charge in [-0.2, -0.15) is 0 Å². The third-order valence-corrected chi connectivity index (χ3v) is 8.14. The van der Waals surface area contributed by atoms with Crippen LogP contribution in [-0.4, -0.2) is 45.8 Å². The molecule has 3 aromatic rings. The van der Waals surface area contributed by atoms with Gasteiger partial charge >= 0.3 is 0 Å². The van der Waals surface area contributed by atoms with Gasteiger partial charge in [0.05, 0.1) is 16.5 Å². The summed E-state index contributed by atoms with van der Waals surface area (Å²) in [6.07, 6.45) is 3.29. The van der Waals surface area contributed by atoms with Crippen molar-refractivity contribution in [2.45, 2.75) is 37.1 Å². The summed E-state index contributed by atoms with van der Waals surface area (Å²) in [6, 6.07) is 18.8. The Balaban J connectivity index is 1.71. The number of carbonyl (C=O) groups excluding carboxylic acids is 1. The van der Waals surface area contributed by atoms with E-state index in [4.69, 9.17) is 0 Å². The maximum atomic E-state index is 13.5. The Morgan fingerprint density at radius 1 is 0.970 bits per heavy atom. The standard InChI is InChI=1S/C26H31N3O3S/c1-19(22-13-9-11-20-10-5-6-12-23(20)22)27-26(30)24-18-21(33(31,32)28(2)3)14-15-25(24)29-16-7-4-8-17-29/h5-6,9-15,18-19H,4,7-8,16-17H2,1-3H3,(H,27,30). The number of anilines is 1. The highest BCUT2D eigenvalue weighted by Crippen LogP contribution is 2.29. The van der Waals surface area contributed by atoms with Crippen LogP contribution in [0.25, 0.3) is 10.8 Å². The number of rotatable bonds is 6. The zero-order valence-electron chi connectivity index (χ0n) is 19.4. The van der Waals surface area contributed by atoms with Crippen LogP contribution in [0.2, 0.25) is 0 Å². The first kappa shape index (κ1) is 23.3. The van der Waals surface area contributed by atoms with Gasteiger partial charge in [-0.1, -0.05) is 42.5 Å². The molecule has 6 nitrogen and oxygen atoms in total. The Bertz CT molecular complexity index is 1260. The maximum Gasteiger partial charge on any atom is 0.253 e. The molecular formula is C26H31N3O3S. The first-order valence-electron chi connectivity index (χ1n) is 11.4. The molecule has 1 aliphatic heterocycles. The van der Waals surface area contributed by atoms with Crippen molar-refractivity contribution < 1.29 is 13.2 Å². The van der Waals surface area contributed by atoms with Crippen molar-refractivity contribution in [2.75, 3.05) is 32.1 Å². The van der Waals surface area contributed by atoms with E-state index in [0.29, 0.717) is 5.56 Å². The molecule has 4 rings (SSSR count). The Morgan fingerprint density at radius 2 is 1.67 bits per heavy atom. The lowest BCUT2D eigenvalue weighted by Crippen LogP contribution is -2.34. The normalized spacial score (nSPS) is 15.6. The van der Waals surface area contributed by atoms with E-state index < -0.39 is 10.0 Å². The molecule has 0 saturated carbocycles. The van der Waals surface area contributed by atoms with E-state index in [1.165, 1.54) is 30.9 Å². The Labute approximate surface area is 196 Å². The van der Waals surface area contributed by atoms with Crippen molar-refractivity contribution in [3.05, 3.63) is 71.8 Å². The van der Waals surface area contributed by atoms with Crippen LogP contribution in [0.5, 0.6) is 0 Å². The second-order valence-corrected chi connectivity index (χ2v) is 10.9. The number of carbonyl (C=O) groups is 1. The molecule has 1 aliphatic rings. The lowest BCUT2D eigenvalue weighted by Gasteiger charge is -2.31.